The van der Waals surface area contributed by atoms with E-state index in [1.54, 1.807) is 0 Å². The van der Waals surface area contributed by atoms with Gasteiger partial charge < -0.3 is 0 Å². The second-order valence-corrected chi connectivity index (χ2v) is 4.03. The summed E-state index contributed by atoms with van der Waals surface area (Å²) in [7, 11) is 0. The van der Waals surface area contributed by atoms with Crippen LogP contribution in [0.15, 0.2) is 29.3 Å². The molecule has 0 saturated carbocycles. The lowest BCUT2D eigenvalue weighted by Crippen LogP contribution is -2.12. The van der Waals surface area contributed by atoms with Crippen LogP contribution < -0.4 is 5.32 Å². The van der Waals surface area contributed by atoms with Gasteiger partial charge in [-0.25, -0.2) is 4.99 Å². The van der Waals surface area contributed by atoms with Crippen molar-refractivity contribution in [2.24, 2.45) is 4.99 Å². The van der Waals surface area contributed by atoms with Crippen molar-refractivity contribution >= 4 is 22.6 Å². The van der Waals surface area contributed by atoms with Gasteiger partial charge in [0.25, 0.3) is 0 Å². The van der Waals surface area contributed by atoms with Crippen LogP contribution in [0.4, 0.5) is 5.69 Å². The van der Waals surface area contributed by atoms with Crippen molar-refractivity contribution in [2.75, 3.05) is 6.26 Å². The lowest BCUT2D eigenvalue weighted by Gasteiger charge is -2.05. The van der Waals surface area contributed by atoms with Crippen molar-refractivity contribution in [3.05, 3.63) is 29.8 Å². The van der Waals surface area contributed by atoms with Crippen LogP contribution >= 0.6 is 11.8 Å². The van der Waals surface area contributed by atoms with Crippen molar-refractivity contribution in [2.45, 2.75) is 19.8 Å². The van der Waals surface area contributed by atoms with Gasteiger partial charge in [0.2, 0.25) is 0 Å². The summed E-state index contributed by atoms with van der Waals surface area (Å²) in [4.78, 5) is 4.43. The molecule has 0 bridgehead atoms. The minimum atomic E-state index is 0.631. The summed E-state index contributed by atoms with van der Waals surface area (Å²) in [5.74, 6) is 0. The molecule has 0 heterocycles. The molecule has 1 aromatic rings. The Kier molecular flexibility index (Phi) is 5.44. The average molecular weight is 233 g/mol. The minimum absolute atomic E-state index is 0.631. The summed E-state index contributed by atoms with van der Waals surface area (Å²) in [6.07, 6.45) is 5.88. The third-order valence-electron chi connectivity index (χ3n) is 2.09. The fourth-order valence-electron chi connectivity index (χ4n) is 1.38. The smallest absolute Gasteiger partial charge is 0.183 e. The molecule has 1 rings (SSSR count). The number of nitrogens with one attached hydrogen (secondary N) is 1. The van der Waals surface area contributed by atoms with Crippen LogP contribution in [0.2, 0.25) is 0 Å². The number of amidine groups is 1. The number of nitrogens with zero attached hydrogens (tertiary/aromatic N) is 2. The summed E-state index contributed by atoms with van der Waals surface area (Å²) in [6.45, 7) is 2.14. The van der Waals surface area contributed by atoms with E-state index in [-0.39, 0.29) is 0 Å². The van der Waals surface area contributed by atoms with Gasteiger partial charge in [-0.05, 0) is 24.3 Å². The second-order valence-electron chi connectivity index (χ2n) is 3.24. The quantitative estimate of drug-likeness (QED) is 0.378. The monoisotopic (exact) mass is 233 g/mol. The number of aliphatic imine (C=N–C) groups is 1. The second kappa shape index (κ2) is 6.91. The number of nitriles is 1. The molecule has 0 fully saturated rings. The normalized spacial score (nSPS) is 10.9. The van der Waals surface area contributed by atoms with Crippen molar-refractivity contribution in [3.63, 3.8) is 0 Å². The van der Waals surface area contributed by atoms with Crippen LogP contribution in [0.25, 0.3) is 0 Å². The predicted molar refractivity (Wildman–Crippen MR) is 69.8 cm³/mol. The SMILES string of the molecule is CCCc1ccccc1N=C(NC#N)SC. The number of benzene rings is 1. The molecule has 0 amide bonds. The number of aryl methyl sites for hydroxylation is 1. The van der Waals surface area contributed by atoms with Crippen LogP contribution in [0, 0.1) is 11.5 Å². The van der Waals surface area contributed by atoms with Crippen molar-refractivity contribution < 1.29 is 0 Å². The Hall–Kier alpha value is -1.47. The van der Waals surface area contributed by atoms with Gasteiger partial charge in [0, 0.05) is 0 Å². The van der Waals surface area contributed by atoms with E-state index >= 15 is 0 Å². The van der Waals surface area contributed by atoms with Crippen LogP contribution in [-0.2, 0) is 6.42 Å². The molecular formula is C12H15N3S. The molecule has 0 spiro atoms. The molecule has 0 unspecified atom stereocenters. The van der Waals surface area contributed by atoms with Crippen LogP contribution in [0.3, 0.4) is 0 Å². The highest BCUT2D eigenvalue weighted by atomic mass is 32.2. The predicted octanol–water partition coefficient (Wildman–Crippen LogP) is 3.06. The van der Waals surface area contributed by atoms with E-state index in [4.69, 9.17) is 5.26 Å². The van der Waals surface area contributed by atoms with Gasteiger partial charge in [-0.1, -0.05) is 43.3 Å². The minimum Gasteiger partial charge on any atom is -0.271 e. The van der Waals surface area contributed by atoms with E-state index in [0.29, 0.717) is 5.17 Å². The maximum absolute atomic E-state index is 8.56. The van der Waals surface area contributed by atoms with Crippen molar-refractivity contribution in [3.8, 4) is 6.19 Å². The zero-order chi connectivity index (χ0) is 11.8. The molecular weight excluding hydrogens is 218 g/mol. The van der Waals surface area contributed by atoms with Crippen LogP contribution in [0.5, 0.6) is 0 Å². The number of hydrogen-bond donors (Lipinski definition) is 1. The van der Waals surface area contributed by atoms with Gasteiger partial charge in [-0.15, -0.1) is 0 Å². The zero-order valence-electron chi connectivity index (χ0n) is 9.53. The summed E-state index contributed by atoms with van der Waals surface area (Å²) in [5, 5.41) is 11.8. The average Bonchev–Trinajstić information content (AvgIpc) is 2.31. The van der Waals surface area contributed by atoms with Gasteiger partial charge >= 0.3 is 0 Å². The maximum atomic E-state index is 8.56. The fourth-order valence-corrected chi connectivity index (χ4v) is 1.72. The molecule has 0 aliphatic carbocycles. The Labute approximate surface area is 101 Å². The summed E-state index contributed by atoms with van der Waals surface area (Å²) in [6, 6.07) is 8.02. The molecule has 16 heavy (non-hydrogen) atoms. The lowest BCUT2D eigenvalue weighted by atomic mass is 10.1. The molecule has 1 N–H and O–H groups in total. The fraction of sp³-hybridized carbons (Fsp3) is 0.333. The molecule has 4 heteroatoms. The maximum Gasteiger partial charge on any atom is 0.183 e. The third-order valence-corrected chi connectivity index (χ3v) is 2.67. The Balaban J connectivity index is 2.98. The molecule has 1 aromatic carbocycles. The Morgan fingerprint density at radius 2 is 2.25 bits per heavy atom. The van der Waals surface area contributed by atoms with Gasteiger partial charge in [0.15, 0.2) is 11.4 Å². The first kappa shape index (κ1) is 12.6. The number of para-hydroxylation sites is 1. The highest BCUT2D eigenvalue weighted by Gasteiger charge is 2.01. The van der Waals surface area contributed by atoms with E-state index in [1.165, 1.54) is 17.3 Å². The molecule has 0 aromatic heterocycles. The molecule has 3 nitrogen and oxygen atoms in total. The molecule has 0 radical (unpaired) electrons. The number of thioether (sulfide) groups is 1. The Bertz CT molecular complexity index is 407. The van der Waals surface area contributed by atoms with Gasteiger partial charge in [0.1, 0.15) is 0 Å². The summed E-state index contributed by atoms with van der Waals surface area (Å²) >= 11 is 1.43. The molecule has 84 valence electrons. The van der Waals surface area contributed by atoms with E-state index in [0.717, 1.165) is 18.5 Å². The lowest BCUT2D eigenvalue weighted by molar-refractivity contribution is 0.921. The van der Waals surface area contributed by atoms with E-state index in [2.05, 4.69) is 23.3 Å². The zero-order valence-corrected chi connectivity index (χ0v) is 10.3. The molecule has 0 atom stereocenters. The van der Waals surface area contributed by atoms with Gasteiger partial charge in [-0.3, -0.25) is 5.32 Å². The van der Waals surface area contributed by atoms with Crippen molar-refractivity contribution in [1.82, 2.24) is 5.32 Å². The van der Waals surface area contributed by atoms with Gasteiger partial charge in [0.05, 0.1) is 5.69 Å². The van der Waals surface area contributed by atoms with Crippen molar-refractivity contribution in [1.29, 1.82) is 5.26 Å². The first-order chi connectivity index (χ1) is 7.81. The number of rotatable bonds is 3. The van der Waals surface area contributed by atoms with Crippen LogP contribution in [0.1, 0.15) is 18.9 Å². The summed E-state index contributed by atoms with van der Waals surface area (Å²) < 4.78 is 0. The Morgan fingerprint density at radius 3 is 2.88 bits per heavy atom. The third kappa shape index (κ3) is 3.59. The van der Waals surface area contributed by atoms with E-state index in [9.17, 15) is 0 Å². The van der Waals surface area contributed by atoms with Gasteiger partial charge in [-0.2, -0.15) is 5.26 Å². The molecule has 0 aliphatic heterocycles. The van der Waals surface area contributed by atoms with Crippen LogP contribution in [-0.4, -0.2) is 11.4 Å². The molecule has 0 saturated heterocycles. The Morgan fingerprint density at radius 1 is 1.50 bits per heavy atom. The highest BCUT2D eigenvalue weighted by molar-refractivity contribution is 8.13. The largest absolute Gasteiger partial charge is 0.271 e. The first-order valence-electron chi connectivity index (χ1n) is 5.17. The topological polar surface area (TPSA) is 48.2 Å². The first-order valence-corrected chi connectivity index (χ1v) is 6.40. The molecule has 0 aliphatic rings. The summed E-state index contributed by atoms with van der Waals surface area (Å²) in [5.41, 5.74) is 2.16. The number of hydrogen-bond acceptors (Lipinski definition) is 3. The van der Waals surface area contributed by atoms with E-state index in [1.807, 2.05) is 30.6 Å². The highest BCUT2D eigenvalue weighted by Crippen LogP contribution is 2.21. The van der Waals surface area contributed by atoms with E-state index < -0.39 is 0 Å². The standard InChI is InChI=1S/C12H15N3S/c1-3-6-10-7-4-5-8-11(10)15-12(16-2)14-9-13/h4-5,7-8H,3,6H2,1-2H3,(H,14,15).